The summed E-state index contributed by atoms with van der Waals surface area (Å²) in [5.74, 6) is 2.46. The number of nitrogens with one attached hydrogen (secondary N) is 1. The summed E-state index contributed by atoms with van der Waals surface area (Å²) >= 11 is 0. The lowest BCUT2D eigenvalue weighted by Crippen LogP contribution is -2.30. The fourth-order valence-corrected chi connectivity index (χ4v) is 1.82. The molecule has 1 aromatic rings. The minimum Gasteiger partial charge on any atom is -0.493 e. The van der Waals surface area contributed by atoms with Crippen LogP contribution in [-0.2, 0) is 0 Å². The van der Waals surface area contributed by atoms with E-state index in [0.29, 0.717) is 6.61 Å². The third-order valence-corrected chi connectivity index (χ3v) is 2.63. The Morgan fingerprint density at radius 1 is 1.35 bits per heavy atom. The molecule has 92 valence electrons. The number of methoxy groups -OCH3 is 1. The summed E-state index contributed by atoms with van der Waals surface area (Å²) in [5, 5.41) is 3.29. The zero-order chi connectivity index (χ0) is 12.1. The molecule has 0 aliphatic carbocycles. The van der Waals surface area contributed by atoms with Crippen molar-refractivity contribution in [3.63, 3.8) is 0 Å². The Labute approximate surface area is 102 Å². The average molecular weight is 234 g/mol. The van der Waals surface area contributed by atoms with E-state index in [1.54, 1.807) is 7.11 Å². The summed E-state index contributed by atoms with van der Waals surface area (Å²) in [7, 11) is 1.65. The van der Waals surface area contributed by atoms with Gasteiger partial charge in [-0.15, -0.1) is 0 Å². The fraction of sp³-hybridized carbons (Fsp3) is 0.462. The molecule has 0 saturated heterocycles. The Bertz CT molecular complexity index is 416. The quantitative estimate of drug-likeness (QED) is 0.864. The maximum atomic E-state index is 5.48. The van der Waals surface area contributed by atoms with Crippen LogP contribution < -0.4 is 14.8 Å². The van der Waals surface area contributed by atoms with Gasteiger partial charge in [0.05, 0.1) is 13.7 Å². The minimum absolute atomic E-state index is 0.634. The van der Waals surface area contributed by atoms with E-state index in [-0.39, 0.29) is 0 Å². The van der Waals surface area contributed by atoms with E-state index in [1.165, 1.54) is 0 Å². The SMILES string of the molecule is CCOc1ccc(C2=NCCCN2)cc1OC. The van der Waals surface area contributed by atoms with E-state index in [4.69, 9.17) is 9.47 Å². The Kier molecular flexibility index (Phi) is 3.85. The summed E-state index contributed by atoms with van der Waals surface area (Å²) in [5.41, 5.74) is 1.05. The molecule has 0 radical (unpaired) electrons. The van der Waals surface area contributed by atoms with Gasteiger partial charge in [-0.2, -0.15) is 0 Å². The van der Waals surface area contributed by atoms with Crippen LogP contribution in [0.15, 0.2) is 23.2 Å². The molecule has 0 fully saturated rings. The standard InChI is InChI=1S/C13H18N2O2/c1-3-17-11-6-5-10(9-12(11)16-2)13-14-7-4-8-15-13/h5-6,9H,3-4,7-8H2,1-2H3,(H,14,15). The maximum Gasteiger partial charge on any atom is 0.161 e. The van der Waals surface area contributed by atoms with Crippen LogP contribution in [0, 0.1) is 0 Å². The number of hydrogen-bond acceptors (Lipinski definition) is 4. The molecular formula is C13H18N2O2. The van der Waals surface area contributed by atoms with Crippen LogP contribution in [0.1, 0.15) is 18.9 Å². The molecule has 0 atom stereocenters. The van der Waals surface area contributed by atoms with Gasteiger partial charge < -0.3 is 14.8 Å². The minimum atomic E-state index is 0.634. The van der Waals surface area contributed by atoms with Gasteiger partial charge in [0.25, 0.3) is 0 Å². The van der Waals surface area contributed by atoms with Crippen LogP contribution >= 0.6 is 0 Å². The van der Waals surface area contributed by atoms with E-state index in [9.17, 15) is 0 Å². The average Bonchev–Trinajstić information content (AvgIpc) is 2.40. The van der Waals surface area contributed by atoms with Gasteiger partial charge in [0, 0.05) is 18.7 Å². The van der Waals surface area contributed by atoms with E-state index in [2.05, 4.69) is 10.3 Å². The summed E-state index contributed by atoms with van der Waals surface area (Å²) in [6, 6.07) is 5.89. The Morgan fingerprint density at radius 2 is 2.24 bits per heavy atom. The summed E-state index contributed by atoms with van der Waals surface area (Å²) in [6.07, 6.45) is 1.09. The zero-order valence-electron chi connectivity index (χ0n) is 10.3. The molecule has 0 amide bonds. The van der Waals surface area contributed by atoms with Crippen LogP contribution in [0.5, 0.6) is 11.5 Å². The van der Waals surface area contributed by atoms with E-state index >= 15 is 0 Å². The number of ether oxygens (including phenoxy) is 2. The maximum absolute atomic E-state index is 5.48. The summed E-state index contributed by atoms with van der Waals surface area (Å²) < 4.78 is 10.8. The smallest absolute Gasteiger partial charge is 0.161 e. The fourth-order valence-electron chi connectivity index (χ4n) is 1.82. The lowest BCUT2D eigenvalue weighted by atomic mass is 10.1. The van der Waals surface area contributed by atoms with Crippen molar-refractivity contribution in [3.05, 3.63) is 23.8 Å². The Balaban J connectivity index is 2.27. The number of benzene rings is 1. The number of aliphatic imine (C=N–C) groups is 1. The molecule has 17 heavy (non-hydrogen) atoms. The molecule has 1 aromatic carbocycles. The normalized spacial score (nSPS) is 14.8. The number of nitrogens with zero attached hydrogens (tertiary/aromatic N) is 1. The van der Waals surface area contributed by atoms with Crippen molar-refractivity contribution in [1.82, 2.24) is 5.32 Å². The summed E-state index contributed by atoms with van der Waals surface area (Å²) in [4.78, 5) is 4.46. The second-order valence-electron chi connectivity index (χ2n) is 3.81. The molecule has 0 bridgehead atoms. The molecule has 1 aliphatic rings. The number of rotatable bonds is 4. The molecule has 2 rings (SSSR count). The predicted molar refractivity (Wildman–Crippen MR) is 68.2 cm³/mol. The highest BCUT2D eigenvalue weighted by atomic mass is 16.5. The first-order valence-electron chi connectivity index (χ1n) is 5.94. The van der Waals surface area contributed by atoms with Crippen LogP contribution in [0.2, 0.25) is 0 Å². The molecule has 1 N–H and O–H groups in total. The Morgan fingerprint density at radius 3 is 2.88 bits per heavy atom. The highest BCUT2D eigenvalue weighted by molar-refractivity contribution is 5.99. The molecule has 0 unspecified atom stereocenters. The highest BCUT2D eigenvalue weighted by Crippen LogP contribution is 2.28. The van der Waals surface area contributed by atoms with Crippen molar-refractivity contribution >= 4 is 5.84 Å². The lowest BCUT2D eigenvalue weighted by molar-refractivity contribution is 0.311. The van der Waals surface area contributed by atoms with Crippen molar-refractivity contribution < 1.29 is 9.47 Å². The molecule has 4 nitrogen and oxygen atoms in total. The van der Waals surface area contributed by atoms with Crippen molar-refractivity contribution in [2.45, 2.75) is 13.3 Å². The van der Waals surface area contributed by atoms with Gasteiger partial charge in [0.1, 0.15) is 5.84 Å². The first-order chi connectivity index (χ1) is 8.35. The van der Waals surface area contributed by atoms with E-state index < -0.39 is 0 Å². The highest BCUT2D eigenvalue weighted by Gasteiger charge is 2.11. The summed E-state index contributed by atoms with van der Waals surface area (Å²) in [6.45, 7) is 4.46. The van der Waals surface area contributed by atoms with Gasteiger partial charge in [-0.1, -0.05) is 0 Å². The van der Waals surface area contributed by atoms with Crippen molar-refractivity contribution in [2.24, 2.45) is 4.99 Å². The third kappa shape index (κ3) is 2.70. The van der Waals surface area contributed by atoms with E-state index in [0.717, 1.165) is 42.4 Å². The molecule has 0 saturated carbocycles. The third-order valence-electron chi connectivity index (χ3n) is 2.63. The second kappa shape index (κ2) is 5.57. The number of hydrogen-bond donors (Lipinski definition) is 1. The van der Waals surface area contributed by atoms with Gasteiger partial charge in [-0.05, 0) is 31.5 Å². The van der Waals surface area contributed by atoms with Gasteiger partial charge >= 0.3 is 0 Å². The van der Waals surface area contributed by atoms with E-state index in [1.807, 2.05) is 25.1 Å². The zero-order valence-corrected chi connectivity index (χ0v) is 10.3. The molecule has 0 aromatic heterocycles. The molecule has 4 heteroatoms. The lowest BCUT2D eigenvalue weighted by Gasteiger charge is -2.16. The molecule has 1 heterocycles. The first kappa shape index (κ1) is 11.8. The van der Waals surface area contributed by atoms with Gasteiger partial charge in [0.2, 0.25) is 0 Å². The predicted octanol–water partition coefficient (Wildman–Crippen LogP) is 1.83. The van der Waals surface area contributed by atoms with Crippen LogP contribution in [0.25, 0.3) is 0 Å². The monoisotopic (exact) mass is 234 g/mol. The van der Waals surface area contributed by atoms with Gasteiger partial charge in [-0.25, -0.2) is 0 Å². The molecule has 1 aliphatic heterocycles. The van der Waals surface area contributed by atoms with Crippen LogP contribution in [-0.4, -0.2) is 32.6 Å². The van der Waals surface area contributed by atoms with Crippen LogP contribution in [0.4, 0.5) is 0 Å². The molecule has 0 spiro atoms. The van der Waals surface area contributed by atoms with Crippen molar-refractivity contribution in [1.29, 1.82) is 0 Å². The van der Waals surface area contributed by atoms with Gasteiger partial charge in [-0.3, -0.25) is 4.99 Å². The second-order valence-corrected chi connectivity index (χ2v) is 3.81. The van der Waals surface area contributed by atoms with Crippen molar-refractivity contribution in [3.8, 4) is 11.5 Å². The first-order valence-corrected chi connectivity index (χ1v) is 5.94. The largest absolute Gasteiger partial charge is 0.493 e. The molecular weight excluding hydrogens is 216 g/mol. The Hall–Kier alpha value is -1.71. The van der Waals surface area contributed by atoms with Crippen molar-refractivity contribution in [2.75, 3.05) is 26.8 Å². The van der Waals surface area contributed by atoms with Crippen LogP contribution in [0.3, 0.4) is 0 Å². The topological polar surface area (TPSA) is 42.8 Å². The number of amidine groups is 1. The van der Waals surface area contributed by atoms with Gasteiger partial charge in [0.15, 0.2) is 11.5 Å².